The van der Waals surface area contributed by atoms with Crippen molar-refractivity contribution in [2.45, 2.75) is 50.2 Å². The maximum absolute atomic E-state index is 14.5. The number of Topliss-reactive ketones (excluding diaryl/α,β-unsaturated/α-hetero) is 1. The number of ketones is 1. The minimum Gasteiger partial charge on any atom is -0.493 e. The van der Waals surface area contributed by atoms with Gasteiger partial charge >= 0.3 is 0 Å². The van der Waals surface area contributed by atoms with E-state index in [1.54, 1.807) is 25.3 Å². The second-order valence-electron chi connectivity index (χ2n) is 8.82. The Hall–Kier alpha value is -2.97. The largest absolute Gasteiger partial charge is 0.493 e. The van der Waals surface area contributed by atoms with Crippen LogP contribution in [-0.2, 0) is 4.79 Å². The molecule has 0 amide bonds. The van der Waals surface area contributed by atoms with Crippen LogP contribution in [0, 0.1) is 5.82 Å². The SMILES string of the molecule is COc1cc2ncnc(Nc3cccc(Cl)c3F)c2cc1OC1CCC2(CC1)NCCCC2=O. The fourth-order valence-corrected chi connectivity index (χ4v) is 5.07. The van der Waals surface area contributed by atoms with E-state index in [0.29, 0.717) is 40.4 Å². The zero-order chi connectivity index (χ0) is 23.7. The van der Waals surface area contributed by atoms with E-state index < -0.39 is 11.4 Å². The quantitative estimate of drug-likeness (QED) is 0.515. The summed E-state index contributed by atoms with van der Waals surface area (Å²) in [5, 5.41) is 7.16. The van der Waals surface area contributed by atoms with Crippen molar-refractivity contribution in [2.24, 2.45) is 0 Å². The van der Waals surface area contributed by atoms with Crippen LogP contribution in [0.2, 0.25) is 5.02 Å². The molecule has 0 bridgehead atoms. The van der Waals surface area contributed by atoms with Gasteiger partial charge in [-0.05, 0) is 56.8 Å². The molecule has 1 saturated heterocycles. The van der Waals surface area contributed by atoms with E-state index in [1.807, 2.05) is 6.07 Å². The Morgan fingerprint density at radius 3 is 2.79 bits per heavy atom. The summed E-state index contributed by atoms with van der Waals surface area (Å²) in [5.41, 5.74) is 0.453. The second-order valence-corrected chi connectivity index (χ2v) is 9.23. The van der Waals surface area contributed by atoms with Crippen LogP contribution in [0.3, 0.4) is 0 Å². The molecule has 1 spiro atoms. The molecule has 178 valence electrons. The smallest absolute Gasteiger partial charge is 0.165 e. The predicted octanol–water partition coefficient (Wildman–Crippen LogP) is 5.19. The summed E-state index contributed by atoms with van der Waals surface area (Å²) in [7, 11) is 1.58. The van der Waals surface area contributed by atoms with Crippen LogP contribution in [-0.4, -0.2) is 41.0 Å². The Kier molecular flexibility index (Phi) is 6.27. The van der Waals surface area contributed by atoms with Crippen molar-refractivity contribution < 1.29 is 18.7 Å². The van der Waals surface area contributed by atoms with E-state index in [0.717, 1.165) is 38.6 Å². The van der Waals surface area contributed by atoms with Crippen LogP contribution in [0.25, 0.3) is 10.9 Å². The summed E-state index contributed by atoms with van der Waals surface area (Å²) in [6, 6.07) is 8.34. The number of carbonyl (C=O) groups is 1. The lowest BCUT2D eigenvalue weighted by Gasteiger charge is -2.42. The standard InChI is InChI=1S/C25H26ClFN4O3/c1-33-20-13-19-16(24(29-14-28-19)31-18-5-2-4-17(26)23(18)27)12-21(20)34-15-7-9-25(10-8-15)22(32)6-3-11-30-25/h2,4-5,12-15,30H,3,6-11H2,1H3,(H,28,29,31). The zero-order valence-corrected chi connectivity index (χ0v) is 19.6. The van der Waals surface area contributed by atoms with Gasteiger partial charge in [-0.1, -0.05) is 17.7 Å². The lowest BCUT2D eigenvalue weighted by atomic mass is 9.74. The van der Waals surface area contributed by atoms with E-state index in [-0.39, 0.29) is 16.8 Å². The molecule has 2 heterocycles. The van der Waals surface area contributed by atoms with E-state index in [9.17, 15) is 9.18 Å². The molecule has 1 aliphatic heterocycles. The van der Waals surface area contributed by atoms with Crippen LogP contribution in [0.4, 0.5) is 15.9 Å². The van der Waals surface area contributed by atoms with Gasteiger partial charge in [-0.2, -0.15) is 0 Å². The average molecular weight is 485 g/mol. The van der Waals surface area contributed by atoms with Gasteiger partial charge in [0.15, 0.2) is 23.1 Å². The molecule has 5 rings (SSSR count). The number of benzene rings is 2. The van der Waals surface area contributed by atoms with Gasteiger partial charge in [-0.3, -0.25) is 4.79 Å². The summed E-state index contributed by atoms with van der Waals surface area (Å²) in [4.78, 5) is 21.2. The first kappa shape index (κ1) is 22.8. The van der Waals surface area contributed by atoms with Gasteiger partial charge in [0.2, 0.25) is 0 Å². The highest BCUT2D eigenvalue weighted by molar-refractivity contribution is 6.31. The van der Waals surface area contributed by atoms with E-state index in [2.05, 4.69) is 20.6 Å². The van der Waals surface area contributed by atoms with Crippen LogP contribution >= 0.6 is 11.6 Å². The molecule has 7 nitrogen and oxygen atoms in total. The maximum Gasteiger partial charge on any atom is 0.165 e. The first-order valence-corrected chi connectivity index (χ1v) is 11.9. The topological polar surface area (TPSA) is 85.4 Å². The summed E-state index contributed by atoms with van der Waals surface area (Å²) < 4.78 is 26.4. The number of anilines is 2. The molecule has 0 unspecified atom stereocenters. The number of nitrogens with one attached hydrogen (secondary N) is 2. The molecule has 2 aliphatic rings. The third kappa shape index (κ3) is 4.28. The third-order valence-corrected chi connectivity index (χ3v) is 7.07. The molecule has 3 aromatic rings. The first-order chi connectivity index (χ1) is 16.5. The van der Waals surface area contributed by atoms with Crippen molar-refractivity contribution in [3.63, 3.8) is 0 Å². The number of aromatic nitrogens is 2. The molecule has 34 heavy (non-hydrogen) atoms. The normalized spacial score (nSPS) is 22.7. The summed E-state index contributed by atoms with van der Waals surface area (Å²) in [5.74, 6) is 1.31. The molecule has 1 saturated carbocycles. The molecule has 1 aliphatic carbocycles. The highest BCUT2D eigenvalue weighted by Crippen LogP contribution is 2.39. The van der Waals surface area contributed by atoms with E-state index in [4.69, 9.17) is 21.1 Å². The Morgan fingerprint density at radius 2 is 2.03 bits per heavy atom. The number of rotatable bonds is 5. The van der Waals surface area contributed by atoms with Crippen molar-refractivity contribution >= 4 is 39.8 Å². The molecule has 2 N–H and O–H groups in total. The third-order valence-electron chi connectivity index (χ3n) is 6.78. The van der Waals surface area contributed by atoms with Crippen LogP contribution in [0.15, 0.2) is 36.7 Å². The number of halogens is 2. The maximum atomic E-state index is 14.5. The number of fused-ring (bicyclic) bond motifs is 1. The second kappa shape index (κ2) is 9.35. The van der Waals surface area contributed by atoms with Gasteiger partial charge in [0.05, 0.1) is 35.0 Å². The van der Waals surface area contributed by atoms with Crippen LogP contribution in [0.5, 0.6) is 11.5 Å². The number of carbonyl (C=O) groups excluding carboxylic acids is 1. The Balaban J connectivity index is 1.41. The van der Waals surface area contributed by atoms with E-state index >= 15 is 0 Å². The Bertz CT molecular complexity index is 1230. The van der Waals surface area contributed by atoms with Gasteiger partial charge in [-0.15, -0.1) is 0 Å². The number of piperidine rings is 1. The molecule has 9 heteroatoms. The van der Waals surface area contributed by atoms with Crippen molar-refractivity contribution in [1.29, 1.82) is 0 Å². The van der Waals surface area contributed by atoms with Gasteiger partial charge in [0, 0.05) is 17.9 Å². The van der Waals surface area contributed by atoms with Gasteiger partial charge < -0.3 is 20.1 Å². The van der Waals surface area contributed by atoms with Gasteiger partial charge in [0.1, 0.15) is 12.1 Å². The highest BCUT2D eigenvalue weighted by atomic mass is 35.5. The van der Waals surface area contributed by atoms with Crippen molar-refractivity contribution in [2.75, 3.05) is 19.0 Å². The van der Waals surface area contributed by atoms with Crippen molar-refractivity contribution in [1.82, 2.24) is 15.3 Å². The number of methoxy groups -OCH3 is 1. The fourth-order valence-electron chi connectivity index (χ4n) is 4.89. The Morgan fingerprint density at radius 1 is 1.21 bits per heavy atom. The van der Waals surface area contributed by atoms with Crippen LogP contribution in [0.1, 0.15) is 38.5 Å². The number of hydrogen-bond acceptors (Lipinski definition) is 7. The molecule has 0 radical (unpaired) electrons. The lowest BCUT2D eigenvalue weighted by molar-refractivity contribution is -0.129. The molecule has 2 aromatic carbocycles. The molecule has 0 atom stereocenters. The number of nitrogens with zero attached hydrogens (tertiary/aromatic N) is 2. The number of ether oxygens (including phenoxy) is 2. The predicted molar refractivity (Wildman–Crippen MR) is 129 cm³/mol. The van der Waals surface area contributed by atoms with Crippen LogP contribution < -0.4 is 20.1 Å². The van der Waals surface area contributed by atoms with Crippen molar-refractivity contribution in [3.05, 3.63) is 47.5 Å². The Labute approximate surface area is 202 Å². The molecular weight excluding hydrogens is 459 g/mol. The first-order valence-electron chi connectivity index (χ1n) is 11.5. The lowest BCUT2D eigenvalue weighted by Crippen LogP contribution is -2.58. The fraction of sp³-hybridized carbons (Fsp3) is 0.400. The highest BCUT2D eigenvalue weighted by Gasteiger charge is 2.43. The molecule has 2 fully saturated rings. The minimum atomic E-state index is -0.553. The monoisotopic (exact) mass is 484 g/mol. The number of hydrogen-bond donors (Lipinski definition) is 2. The molecule has 1 aromatic heterocycles. The van der Waals surface area contributed by atoms with Gasteiger partial charge in [0.25, 0.3) is 0 Å². The summed E-state index contributed by atoms with van der Waals surface area (Å²) in [6.45, 7) is 0.888. The van der Waals surface area contributed by atoms with Crippen molar-refractivity contribution in [3.8, 4) is 11.5 Å². The summed E-state index contributed by atoms with van der Waals surface area (Å²) >= 11 is 5.92. The van der Waals surface area contributed by atoms with Gasteiger partial charge in [-0.25, -0.2) is 14.4 Å². The average Bonchev–Trinajstić information content (AvgIpc) is 2.85. The molecular formula is C25H26ClFN4O3. The minimum absolute atomic E-state index is 0.0232. The summed E-state index contributed by atoms with van der Waals surface area (Å²) in [6.07, 6.45) is 5.98. The zero-order valence-electron chi connectivity index (χ0n) is 18.9. The van der Waals surface area contributed by atoms with E-state index in [1.165, 1.54) is 12.4 Å².